The Balaban J connectivity index is 2.05. The smallest absolute Gasteiger partial charge is 0.132 e. The molecule has 0 amide bonds. The molecule has 128 valence electrons. The fraction of sp³-hybridized carbons (Fsp3) is 0.182. The molecule has 2 nitrogen and oxygen atoms in total. The van der Waals surface area contributed by atoms with Crippen LogP contribution in [0.4, 0.5) is 0 Å². The first-order chi connectivity index (χ1) is 12.1. The van der Waals surface area contributed by atoms with E-state index in [-0.39, 0.29) is 0 Å². The quantitative estimate of drug-likeness (QED) is 0.562. The Hall–Kier alpha value is -2.29. The fourth-order valence-electron chi connectivity index (χ4n) is 2.70. The van der Waals surface area contributed by atoms with Gasteiger partial charge in [0, 0.05) is 28.7 Å². The molecule has 0 saturated carbocycles. The van der Waals surface area contributed by atoms with Crippen molar-refractivity contribution in [3.63, 3.8) is 0 Å². The van der Waals surface area contributed by atoms with E-state index in [1.807, 2.05) is 66.7 Å². The highest BCUT2D eigenvalue weighted by Gasteiger charge is 2.14. The summed E-state index contributed by atoms with van der Waals surface area (Å²) in [6.45, 7) is 4.98. The van der Waals surface area contributed by atoms with Crippen molar-refractivity contribution in [3.8, 4) is 22.6 Å². The van der Waals surface area contributed by atoms with Gasteiger partial charge < -0.3 is 10.1 Å². The molecule has 1 N–H and O–H groups in total. The number of halogens is 1. The second kappa shape index (κ2) is 8.19. The first-order valence-electron chi connectivity index (χ1n) is 8.48. The lowest BCUT2D eigenvalue weighted by Crippen LogP contribution is -2.22. The Bertz CT molecular complexity index is 830. The zero-order chi connectivity index (χ0) is 17.6. The van der Waals surface area contributed by atoms with Gasteiger partial charge in [-0.05, 0) is 29.8 Å². The van der Waals surface area contributed by atoms with E-state index in [0.717, 1.165) is 33.2 Å². The molecule has 3 aromatic carbocycles. The van der Waals surface area contributed by atoms with Crippen LogP contribution in [0.3, 0.4) is 0 Å². The average Bonchev–Trinajstić information content (AvgIpc) is 2.62. The van der Waals surface area contributed by atoms with Gasteiger partial charge in [-0.1, -0.05) is 74.0 Å². The summed E-state index contributed by atoms with van der Waals surface area (Å²) in [4.78, 5) is 0. The van der Waals surface area contributed by atoms with Gasteiger partial charge in [-0.25, -0.2) is 0 Å². The molecule has 0 saturated heterocycles. The predicted molar refractivity (Wildman–Crippen MR) is 105 cm³/mol. The molecule has 0 radical (unpaired) electrons. The van der Waals surface area contributed by atoms with E-state index in [9.17, 15) is 0 Å². The maximum absolute atomic E-state index is 6.44. The number of nitrogens with one attached hydrogen (secondary N) is 1. The molecule has 0 aliphatic carbocycles. The van der Waals surface area contributed by atoms with Crippen molar-refractivity contribution in [2.75, 3.05) is 0 Å². The van der Waals surface area contributed by atoms with E-state index in [2.05, 4.69) is 25.2 Å². The fourth-order valence-corrected chi connectivity index (χ4v) is 2.93. The van der Waals surface area contributed by atoms with Crippen LogP contribution in [0.1, 0.15) is 19.4 Å². The third kappa shape index (κ3) is 4.41. The summed E-state index contributed by atoms with van der Waals surface area (Å²) in [5, 5.41) is 4.24. The molecule has 0 aromatic heterocycles. The van der Waals surface area contributed by atoms with Crippen LogP contribution in [0.25, 0.3) is 11.1 Å². The van der Waals surface area contributed by atoms with Gasteiger partial charge in [0.1, 0.15) is 11.5 Å². The van der Waals surface area contributed by atoms with Crippen LogP contribution in [0.15, 0.2) is 72.8 Å². The highest BCUT2D eigenvalue weighted by molar-refractivity contribution is 6.33. The molecule has 0 atom stereocenters. The molecule has 0 aliphatic rings. The third-order valence-electron chi connectivity index (χ3n) is 3.96. The lowest BCUT2D eigenvalue weighted by molar-refractivity contribution is 0.470. The van der Waals surface area contributed by atoms with Gasteiger partial charge in [-0.2, -0.15) is 0 Å². The Morgan fingerprint density at radius 2 is 1.52 bits per heavy atom. The van der Waals surface area contributed by atoms with Crippen LogP contribution < -0.4 is 10.1 Å². The Morgan fingerprint density at radius 1 is 0.840 bits per heavy atom. The lowest BCUT2D eigenvalue weighted by Gasteiger charge is -2.18. The predicted octanol–water partition coefficient (Wildman–Crippen LogP) is 6.30. The summed E-state index contributed by atoms with van der Waals surface area (Å²) >= 11 is 6.44. The number of para-hydroxylation sites is 1. The van der Waals surface area contributed by atoms with Crippen LogP contribution in [0.2, 0.25) is 5.02 Å². The summed E-state index contributed by atoms with van der Waals surface area (Å²) < 4.78 is 6.16. The molecular weight excluding hydrogens is 330 g/mol. The molecule has 3 heteroatoms. The number of hydrogen-bond donors (Lipinski definition) is 1. The minimum absolute atomic E-state index is 0.379. The largest absolute Gasteiger partial charge is 0.457 e. The van der Waals surface area contributed by atoms with Crippen molar-refractivity contribution >= 4 is 11.6 Å². The van der Waals surface area contributed by atoms with Gasteiger partial charge >= 0.3 is 0 Å². The van der Waals surface area contributed by atoms with E-state index >= 15 is 0 Å². The molecule has 3 rings (SSSR count). The normalized spacial score (nSPS) is 10.9. The van der Waals surface area contributed by atoms with Crippen LogP contribution in [0, 0.1) is 0 Å². The minimum atomic E-state index is 0.379. The van der Waals surface area contributed by atoms with Crippen molar-refractivity contribution in [1.82, 2.24) is 5.32 Å². The Kier molecular flexibility index (Phi) is 5.75. The minimum Gasteiger partial charge on any atom is -0.457 e. The monoisotopic (exact) mass is 351 g/mol. The zero-order valence-corrected chi connectivity index (χ0v) is 15.3. The highest BCUT2D eigenvalue weighted by Crippen LogP contribution is 2.36. The first-order valence-corrected chi connectivity index (χ1v) is 8.86. The van der Waals surface area contributed by atoms with Crippen molar-refractivity contribution in [3.05, 3.63) is 83.4 Å². The zero-order valence-electron chi connectivity index (χ0n) is 14.5. The van der Waals surface area contributed by atoms with Crippen molar-refractivity contribution in [2.45, 2.75) is 26.4 Å². The summed E-state index contributed by atoms with van der Waals surface area (Å²) in [6, 6.07) is 24.2. The van der Waals surface area contributed by atoms with Gasteiger partial charge in [0.15, 0.2) is 0 Å². The van der Waals surface area contributed by atoms with E-state index in [4.69, 9.17) is 16.3 Å². The van der Waals surface area contributed by atoms with Crippen LogP contribution in [-0.4, -0.2) is 6.04 Å². The molecule has 0 fully saturated rings. The van der Waals surface area contributed by atoms with E-state index in [0.29, 0.717) is 12.6 Å². The second-order valence-electron chi connectivity index (χ2n) is 6.21. The molecule has 3 aromatic rings. The van der Waals surface area contributed by atoms with Gasteiger partial charge in [-0.3, -0.25) is 0 Å². The average molecular weight is 352 g/mol. The summed E-state index contributed by atoms with van der Waals surface area (Å²) in [6.07, 6.45) is 0. The van der Waals surface area contributed by atoms with Gasteiger partial charge in [0.05, 0.1) is 0 Å². The number of rotatable bonds is 6. The summed E-state index contributed by atoms with van der Waals surface area (Å²) in [5.74, 6) is 1.67. The van der Waals surface area contributed by atoms with E-state index in [1.54, 1.807) is 0 Å². The molecule has 25 heavy (non-hydrogen) atoms. The molecule has 0 unspecified atom stereocenters. The van der Waals surface area contributed by atoms with Gasteiger partial charge in [0.2, 0.25) is 0 Å². The number of hydrogen-bond acceptors (Lipinski definition) is 2. The number of ether oxygens (including phenoxy) is 1. The lowest BCUT2D eigenvalue weighted by atomic mass is 9.98. The maximum atomic E-state index is 6.44. The van der Waals surface area contributed by atoms with E-state index < -0.39 is 0 Å². The van der Waals surface area contributed by atoms with Crippen LogP contribution >= 0.6 is 11.6 Å². The van der Waals surface area contributed by atoms with E-state index in [1.165, 1.54) is 0 Å². The molecule has 0 bridgehead atoms. The molecule has 0 aliphatic heterocycles. The topological polar surface area (TPSA) is 21.3 Å². The first kappa shape index (κ1) is 17.5. The van der Waals surface area contributed by atoms with Gasteiger partial charge in [-0.15, -0.1) is 0 Å². The van der Waals surface area contributed by atoms with Crippen LogP contribution in [0.5, 0.6) is 11.5 Å². The SMILES string of the molecule is CC(C)NCc1c(Oc2ccccc2)cccc1-c1ccccc1Cl. The third-order valence-corrected chi connectivity index (χ3v) is 4.28. The van der Waals surface area contributed by atoms with Gasteiger partial charge in [0.25, 0.3) is 0 Å². The Morgan fingerprint density at radius 3 is 2.24 bits per heavy atom. The number of benzene rings is 3. The molecule has 0 spiro atoms. The van der Waals surface area contributed by atoms with Crippen molar-refractivity contribution in [2.24, 2.45) is 0 Å². The molecule has 0 heterocycles. The summed E-state index contributed by atoms with van der Waals surface area (Å²) in [7, 11) is 0. The second-order valence-corrected chi connectivity index (χ2v) is 6.62. The molecular formula is C22H22ClNO. The summed E-state index contributed by atoms with van der Waals surface area (Å²) in [5.41, 5.74) is 3.21. The standard InChI is InChI=1S/C22H22ClNO/c1-16(2)24-15-20-18(19-11-6-7-13-21(19)23)12-8-14-22(20)25-17-9-4-3-5-10-17/h3-14,16,24H,15H2,1-2H3. The van der Waals surface area contributed by atoms with Crippen LogP contribution in [-0.2, 0) is 6.54 Å². The van der Waals surface area contributed by atoms with Crippen molar-refractivity contribution in [1.29, 1.82) is 0 Å². The maximum Gasteiger partial charge on any atom is 0.132 e. The highest BCUT2D eigenvalue weighted by atomic mass is 35.5. The van der Waals surface area contributed by atoms with Crippen molar-refractivity contribution < 1.29 is 4.74 Å². The Labute approximate surface area is 154 Å².